The van der Waals surface area contributed by atoms with Gasteiger partial charge in [-0.15, -0.1) is 6.58 Å². The molecule has 6 atom stereocenters. The Balaban J connectivity index is 1.73. The zero-order valence-corrected chi connectivity index (χ0v) is 33.8. The summed E-state index contributed by atoms with van der Waals surface area (Å²) in [7, 11) is 3.23. The van der Waals surface area contributed by atoms with Gasteiger partial charge in [0.1, 0.15) is 35.6 Å². The highest BCUT2D eigenvalue weighted by Gasteiger charge is 2.65. The normalized spacial score (nSPS) is 24.5. The average Bonchev–Trinajstić information content (AvgIpc) is 3.19. The predicted octanol–water partition coefficient (Wildman–Crippen LogP) is 8.07. The molecule has 0 radical (unpaired) electrons. The van der Waals surface area contributed by atoms with Gasteiger partial charge >= 0.3 is 6.09 Å². The van der Waals surface area contributed by atoms with Gasteiger partial charge in [-0.3, -0.25) is 4.79 Å². The number of nitrogens with zero attached hydrogens (tertiary/aromatic N) is 2. The van der Waals surface area contributed by atoms with Gasteiger partial charge in [0.15, 0.2) is 6.29 Å². The van der Waals surface area contributed by atoms with E-state index < -0.39 is 23.8 Å². The van der Waals surface area contributed by atoms with E-state index in [1.54, 1.807) is 36.2 Å². The molecule has 0 spiro atoms. The van der Waals surface area contributed by atoms with Crippen molar-refractivity contribution < 1.29 is 48.3 Å². The number of rotatable bonds is 19. The number of hydrogen-bond donors (Lipinski definition) is 2. The Labute approximate surface area is 331 Å². The summed E-state index contributed by atoms with van der Waals surface area (Å²) in [5.41, 5.74) is 2.68. The number of likely N-dealkylation sites (N-methyl/N-ethyl adjacent to an activating group) is 1. The number of allylic oxidation sites excluding steroid dienone is 1. The third-order valence-electron chi connectivity index (χ3n) is 10.9. The largest absolute Gasteiger partial charge is 0.496 e. The number of methoxy groups -OCH3 is 1. The van der Waals surface area contributed by atoms with Gasteiger partial charge < -0.3 is 43.6 Å². The smallest absolute Gasteiger partial charge is 0.410 e. The van der Waals surface area contributed by atoms with E-state index in [0.29, 0.717) is 53.7 Å². The molecule has 2 aromatic carbocycles. The molecule has 2 N–H and O–H groups in total. The van der Waals surface area contributed by atoms with Crippen LogP contribution in [0.1, 0.15) is 94.5 Å². The number of carbonyl (C=O) groups is 2. The number of oxime groups is 1. The Morgan fingerprint density at radius 3 is 2.45 bits per heavy atom. The molecule has 56 heavy (non-hydrogen) atoms. The lowest BCUT2D eigenvalue weighted by atomic mass is 9.55. The lowest BCUT2D eigenvalue weighted by Crippen LogP contribution is -2.69. The quantitative estimate of drug-likeness (QED) is 0.0622. The first-order chi connectivity index (χ1) is 26.9. The molecule has 0 aromatic heterocycles. The summed E-state index contributed by atoms with van der Waals surface area (Å²) in [5.74, 6) is 0.126. The van der Waals surface area contributed by atoms with Gasteiger partial charge in [0.2, 0.25) is 5.79 Å². The van der Waals surface area contributed by atoms with Gasteiger partial charge in [-0.25, -0.2) is 4.79 Å². The van der Waals surface area contributed by atoms with Crippen molar-refractivity contribution in [2.75, 3.05) is 47.2 Å². The predicted molar refractivity (Wildman–Crippen MR) is 214 cm³/mol. The molecule has 3 aliphatic rings. The van der Waals surface area contributed by atoms with Crippen LogP contribution in [0.2, 0.25) is 0 Å². The lowest BCUT2D eigenvalue weighted by molar-refractivity contribution is -0.253. The van der Waals surface area contributed by atoms with E-state index in [9.17, 15) is 19.8 Å². The summed E-state index contributed by atoms with van der Waals surface area (Å²) in [4.78, 5) is 33.1. The number of benzene rings is 2. The van der Waals surface area contributed by atoms with Gasteiger partial charge in [0, 0.05) is 38.2 Å². The molecule has 2 aromatic rings. The number of carbonyl (C=O) groups excluding carboxylic acids is 2. The van der Waals surface area contributed by atoms with Crippen LogP contribution in [0.5, 0.6) is 23.0 Å². The topological polar surface area (TPSA) is 146 Å². The van der Waals surface area contributed by atoms with Crippen LogP contribution in [0.4, 0.5) is 4.79 Å². The van der Waals surface area contributed by atoms with Gasteiger partial charge in [0.05, 0.1) is 37.5 Å². The molecule has 1 heterocycles. The van der Waals surface area contributed by atoms with Crippen LogP contribution in [-0.4, -0.2) is 92.2 Å². The van der Waals surface area contributed by atoms with Crippen LogP contribution in [0.3, 0.4) is 0 Å². The Morgan fingerprint density at radius 2 is 1.79 bits per heavy atom. The SMILES string of the molecule is C=CCO[C@@]12Oc3ccc(Oc4ccc(OC)c(C=O)c4)cc3[C@H]3[C@H](CCCCO)[C@@H](CCCCO)C=C(C(=NOCC)C[C@@H]1N(C)C(=O)OCC(C)(C)C)[C@H]32. The molecule has 306 valence electrons. The van der Waals surface area contributed by atoms with Crippen LogP contribution in [-0.2, 0) is 14.3 Å². The van der Waals surface area contributed by atoms with Crippen molar-refractivity contribution in [1.82, 2.24) is 4.90 Å². The fraction of sp³-hybridized carbons (Fsp3) is 0.568. The molecule has 1 fully saturated rings. The number of fused-ring (bicyclic) bond motifs is 2. The monoisotopic (exact) mass is 776 g/mol. The average molecular weight is 777 g/mol. The summed E-state index contributed by atoms with van der Waals surface area (Å²) in [6.07, 6.45) is 9.05. The number of aldehydes is 1. The molecule has 0 saturated heterocycles. The first-order valence-corrected chi connectivity index (χ1v) is 19.9. The van der Waals surface area contributed by atoms with Crippen molar-refractivity contribution in [2.45, 2.75) is 90.4 Å². The van der Waals surface area contributed by atoms with Gasteiger partial charge in [0.25, 0.3) is 0 Å². The van der Waals surface area contributed by atoms with Crippen LogP contribution in [0.15, 0.2) is 65.9 Å². The molecule has 12 nitrogen and oxygen atoms in total. The standard InChI is InChI=1S/C44H60N2O10/c1-8-22-53-44-39(46(6)42(50)52-28-43(3,4)5)26-36(45-54-9-2)34-24-29(14-10-12-20-47)33(15-11-13-21-48)40(41(34)44)35-25-32(17-19-38(35)56-44)55-31-16-18-37(51-7)30(23-31)27-49/h8,16-19,23-25,27,29,33,39-41,47-48H,1,9-15,20-22,26,28H2,2-7H3/t29-,33+,39-,40+,41+,44+/m0/s1. The van der Waals surface area contributed by atoms with Gasteiger partial charge in [-0.1, -0.05) is 50.9 Å². The summed E-state index contributed by atoms with van der Waals surface area (Å²) in [6, 6.07) is 10.1. The molecule has 1 amide bonds. The molecular weight excluding hydrogens is 716 g/mol. The second-order valence-electron chi connectivity index (χ2n) is 16.0. The zero-order valence-electron chi connectivity index (χ0n) is 33.8. The highest BCUT2D eigenvalue weighted by molar-refractivity contribution is 6.03. The third kappa shape index (κ3) is 9.41. The Bertz CT molecular complexity index is 1730. The van der Waals surface area contributed by atoms with E-state index in [4.69, 9.17) is 33.7 Å². The van der Waals surface area contributed by atoms with E-state index in [1.807, 2.05) is 45.9 Å². The number of amides is 1. The Kier molecular flexibility index (Phi) is 14.6. The first kappa shape index (κ1) is 42.7. The molecule has 12 heteroatoms. The summed E-state index contributed by atoms with van der Waals surface area (Å²) < 4.78 is 31.7. The number of unbranched alkanes of at least 4 members (excludes halogenated alkanes) is 2. The highest BCUT2D eigenvalue weighted by Crippen LogP contribution is 2.62. The Morgan fingerprint density at radius 1 is 1.07 bits per heavy atom. The molecule has 5 rings (SSSR count). The van der Waals surface area contributed by atoms with E-state index in [1.165, 1.54) is 7.11 Å². The fourth-order valence-electron chi connectivity index (χ4n) is 8.45. The molecular formula is C44H60N2O10. The van der Waals surface area contributed by atoms with E-state index in [-0.39, 0.29) is 56.0 Å². The van der Waals surface area contributed by atoms with Gasteiger partial charge in [-0.2, -0.15) is 0 Å². The first-order valence-electron chi connectivity index (χ1n) is 19.9. The molecule has 2 aliphatic carbocycles. The van der Waals surface area contributed by atoms with Gasteiger partial charge in [-0.05, 0) is 91.8 Å². The van der Waals surface area contributed by atoms with Crippen molar-refractivity contribution in [3.8, 4) is 23.0 Å². The van der Waals surface area contributed by atoms with Crippen molar-refractivity contribution in [1.29, 1.82) is 0 Å². The maximum atomic E-state index is 13.9. The van der Waals surface area contributed by atoms with Crippen molar-refractivity contribution in [3.05, 3.63) is 71.8 Å². The number of ether oxygens (including phenoxy) is 5. The van der Waals surface area contributed by atoms with E-state index in [0.717, 1.165) is 43.1 Å². The van der Waals surface area contributed by atoms with Crippen LogP contribution < -0.4 is 14.2 Å². The van der Waals surface area contributed by atoms with Crippen molar-refractivity contribution >= 4 is 18.1 Å². The zero-order chi connectivity index (χ0) is 40.5. The van der Waals surface area contributed by atoms with Crippen molar-refractivity contribution in [2.24, 2.45) is 28.3 Å². The second-order valence-corrected chi connectivity index (χ2v) is 16.0. The van der Waals surface area contributed by atoms with Crippen LogP contribution in [0.25, 0.3) is 0 Å². The molecule has 0 unspecified atom stereocenters. The summed E-state index contributed by atoms with van der Waals surface area (Å²) in [6.45, 7) is 12.8. The molecule has 1 saturated carbocycles. The van der Waals surface area contributed by atoms with E-state index in [2.05, 4.69) is 12.7 Å². The minimum atomic E-state index is -1.39. The maximum Gasteiger partial charge on any atom is 0.410 e. The molecule has 0 bridgehead atoms. The number of aliphatic hydroxyl groups excluding tert-OH is 2. The highest BCUT2D eigenvalue weighted by atomic mass is 16.7. The van der Waals surface area contributed by atoms with Crippen molar-refractivity contribution in [3.63, 3.8) is 0 Å². The summed E-state index contributed by atoms with van der Waals surface area (Å²) >= 11 is 0. The second kappa shape index (κ2) is 19.2. The third-order valence-corrected chi connectivity index (χ3v) is 10.9. The molecule has 1 aliphatic heterocycles. The minimum Gasteiger partial charge on any atom is -0.496 e. The van der Waals surface area contributed by atoms with Crippen LogP contribution >= 0.6 is 0 Å². The van der Waals surface area contributed by atoms with E-state index >= 15 is 0 Å². The minimum absolute atomic E-state index is 0.0477. The number of aliphatic hydroxyl groups is 2. The lowest BCUT2D eigenvalue weighted by Gasteiger charge is -2.59. The maximum absolute atomic E-state index is 13.9. The summed E-state index contributed by atoms with van der Waals surface area (Å²) in [5, 5.41) is 24.4. The Hall–Kier alpha value is -4.39. The van der Waals surface area contributed by atoms with Crippen LogP contribution in [0, 0.1) is 23.2 Å². The number of hydrogen-bond acceptors (Lipinski definition) is 11. The fourth-order valence-corrected chi connectivity index (χ4v) is 8.45.